The highest BCUT2D eigenvalue weighted by molar-refractivity contribution is 5.78. The van der Waals surface area contributed by atoms with Crippen LogP contribution in [0.4, 0.5) is 5.69 Å². The number of nitrogens with two attached hydrogens (primary N) is 1. The number of hydrogen-bond donors (Lipinski definition) is 2. The number of pyridine rings is 1. The molecule has 2 aliphatic rings. The number of carbonyl (C=O) groups is 1. The normalized spacial score (nSPS) is 21.3. The molecule has 0 atom stereocenters. The van der Waals surface area contributed by atoms with Crippen molar-refractivity contribution < 1.29 is 4.79 Å². The summed E-state index contributed by atoms with van der Waals surface area (Å²) in [6, 6.07) is 3.63. The molecule has 1 aliphatic heterocycles. The third-order valence-electron chi connectivity index (χ3n) is 5.62. The van der Waals surface area contributed by atoms with Crippen LogP contribution in [0, 0.1) is 0 Å². The van der Waals surface area contributed by atoms with E-state index in [1.54, 1.807) is 12.3 Å². The summed E-state index contributed by atoms with van der Waals surface area (Å²) in [5.74, 6) is 0.0641. The molecular weight excluding hydrogens is 300 g/mol. The number of hydrogen-bond acceptors (Lipinski definition) is 4. The van der Waals surface area contributed by atoms with E-state index in [-0.39, 0.29) is 11.4 Å². The zero-order valence-corrected chi connectivity index (χ0v) is 14.6. The molecule has 2 fully saturated rings. The lowest BCUT2D eigenvalue weighted by atomic mass is 9.79. The zero-order chi connectivity index (χ0) is 16.8. The third kappa shape index (κ3) is 4.26. The molecule has 2 heterocycles. The number of nitrogen functional groups attached to an aromatic ring is 1. The van der Waals surface area contributed by atoms with Gasteiger partial charge in [0.15, 0.2) is 0 Å². The maximum absolute atomic E-state index is 12.4. The molecule has 132 valence electrons. The smallest absolute Gasteiger partial charge is 0.226 e. The molecule has 0 aromatic carbocycles. The van der Waals surface area contributed by atoms with Crippen molar-refractivity contribution in [2.45, 2.75) is 63.3 Å². The molecule has 0 unspecified atom stereocenters. The van der Waals surface area contributed by atoms with Crippen LogP contribution in [0.3, 0.4) is 0 Å². The maximum atomic E-state index is 12.4. The predicted molar refractivity (Wildman–Crippen MR) is 96.6 cm³/mol. The van der Waals surface area contributed by atoms with Crippen LogP contribution < -0.4 is 11.1 Å². The van der Waals surface area contributed by atoms with Crippen LogP contribution in [-0.2, 0) is 11.2 Å². The van der Waals surface area contributed by atoms with Crippen molar-refractivity contribution in [3.05, 3.63) is 24.0 Å². The van der Waals surface area contributed by atoms with E-state index >= 15 is 0 Å². The minimum Gasteiger partial charge on any atom is -0.397 e. The molecule has 5 heteroatoms. The lowest BCUT2D eigenvalue weighted by Gasteiger charge is -2.48. The number of piperidine rings is 1. The number of nitrogens with zero attached hydrogens (tertiary/aromatic N) is 2. The zero-order valence-electron chi connectivity index (χ0n) is 14.6. The molecule has 0 spiro atoms. The van der Waals surface area contributed by atoms with Crippen molar-refractivity contribution in [1.29, 1.82) is 0 Å². The number of nitrogens with one attached hydrogen (secondary N) is 1. The average Bonchev–Trinajstić information content (AvgIpc) is 2.63. The molecule has 1 saturated heterocycles. The van der Waals surface area contributed by atoms with E-state index in [9.17, 15) is 4.79 Å². The molecule has 1 aromatic heterocycles. The van der Waals surface area contributed by atoms with E-state index in [4.69, 9.17) is 5.73 Å². The molecule has 1 aromatic rings. The van der Waals surface area contributed by atoms with Gasteiger partial charge in [-0.3, -0.25) is 14.7 Å². The molecule has 0 bridgehead atoms. The third-order valence-corrected chi connectivity index (χ3v) is 5.62. The molecular formula is C19H30N4O. The van der Waals surface area contributed by atoms with Crippen LogP contribution >= 0.6 is 0 Å². The van der Waals surface area contributed by atoms with Gasteiger partial charge < -0.3 is 11.1 Å². The van der Waals surface area contributed by atoms with Crippen LogP contribution in [-0.4, -0.2) is 41.0 Å². The van der Waals surface area contributed by atoms with Crippen LogP contribution in [0.1, 0.15) is 57.1 Å². The van der Waals surface area contributed by atoms with Gasteiger partial charge in [-0.25, -0.2) is 0 Å². The fraction of sp³-hybridized carbons (Fsp3) is 0.684. The van der Waals surface area contributed by atoms with Gasteiger partial charge in [0.2, 0.25) is 5.91 Å². The molecule has 24 heavy (non-hydrogen) atoms. The standard InChI is InChI=1S/C19H30N4O/c20-16-7-8-17(21-14-16)13-18(24)22-15-19(9-3-1-4-10-19)23-11-5-2-6-12-23/h7-8,14H,1-6,9-13,15,20H2,(H,22,24). The minimum atomic E-state index is 0.0641. The summed E-state index contributed by atoms with van der Waals surface area (Å²) in [7, 11) is 0. The van der Waals surface area contributed by atoms with E-state index in [1.807, 2.05) is 6.07 Å². The molecule has 3 N–H and O–H groups in total. The molecule has 3 rings (SSSR count). The summed E-state index contributed by atoms with van der Waals surface area (Å²) in [5.41, 5.74) is 7.23. The van der Waals surface area contributed by atoms with Crippen LogP contribution in [0.25, 0.3) is 0 Å². The van der Waals surface area contributed by atoms with E-state index < -0.39 is 0 Å². The summed E-state index contributed by atoms with van der Waals surface area (Å²) in [6.07, 6.45) is 12.2. The number of aromatic nitrogens is 1. The Kier molecular flexibility index (Phi) is 5.72. The molecule has 1 saturated carbocycles. The number of likely N-dealkylation sites (tertiary alicyclic amines) is 1. The second-order valence-corrected chi connectivity index (χ2v) is 7.37. The highest BCUT2D eigenvalue weighted by atomic mass is 16.1. The highest BCUT2D eigenvalue weighted by Crippen LogP contribution is 2.35. The Morgan fingerprint density at radius 3 is 2.50 bits per heavy atom. The number of amides is 1. The van der Waals surface area contributed by atoms with E-state index in [0.29, 0.717) is 12.1 Å². The Labute approximate surface area is 145 Å². The second kappa shape index (κ2) is 7.97. The van der Waals surface area contributed by atoms with Crippen molar-refractivity contribution in [2.75, 3.05) is 25.4 Å². The van der Waals surface area contributed by atoms with E-state index in [2.05, 4.69) is 15.2 Å². The van der Waals surface area contributed by atoms with Gasteiger partial charge >= 0.3 is 0 Å². The monoisotopic (exact) mass is 330 g/mol. The Morgan fingerprint density at radius 1 is 1.12 bits per heavy atom. The Bertz CT molecular complexity index is 531. The second-order valence-electron chi connectivity index (χ2n) is 7.37. The molecule has 0 radical (unpaired) electrons. The van der Waals surface area contributed by atoms with E-state index in [0.717, 1.165) is 12.2 Å². The number of anilines is 1. The van der Waals surface area contributed by atoms with Gasteiger partial charge in [-0.1, -0.05) is 25.7 Å². The van der Waals surface area contributed by atoms with Crippen molar-refractivity contribution in [3.8, 4) is 0 Å². The largest absolute Gasteiger partial charge is 0.397 e. The fourth-order valence-corrected chi connectivity index (χ4v) is 4.21. The first-order chi connectivity index (χ1) is 11.7. The average molecular weight is 330 g/mol. The van der Waals surface area contributed by atoms with Crippen molar-refractivity contribution in [1.82, 2.24) is 15.2 Å². The summed E-state index contributed by atoms with van der Waals surface area (Å²) >= 11 is 0. The fourth-order valence-electron chi connectivity index (χ4n) is 4.21. The van der Waals surface area contributed by atoms with Gasteiger partial charge in [0, 0.05) is 17.8 Å². The highest BCUT2D eigenvalue weighted by Gasteiger charge is 2.38. The Balaban J connectivity index is 1.58. The molecule has 1 aliphatic carbocycles. The molecule has 5 nitrogen and oxygen atoms in total. The summed E-state index contributed by atoms with van der Waals surface area (Å²) in [6.45, 7) is 3.16. The number of rotatable bonds is 5. The van der Waals surface area contributed by atoms with Crippen molar-refractivity contribution in [3.63, 3.8) is 0 Å². The van der Waals surface area contributed by atoms with Crippen molar-refractivity contribution >= 4 is 11.6 Å². The first kappa shape index (κ1) is 17.2. The topological polar surface area (TPSA) is 71.2 Å². The quantitative estimate of drug-likeness (QED) is 0.870. The lowest BCUT2D eigenvalue weighted by molar-refractivity contribution is -0.121. The van der Waals surface area contributed by atoms with Crippen LogP contribution in [0.2, 0.25) is 0 Å². The first-order valence-electron chi connectivity index (χ1n) is 9.40. The SMILES string of the molecule is Nc1ccc(CC(=O)NCC2(N3CCCCC3)CCCCC2)nc1. The molecule has 1 amide bonds. The lowest BCUT2D eigenvalue weighted by Crippen LogP contribution is -2.58. The van der Waals surface area contributed by atoms with E-state index in [1.165, 1.54) is 64.5 Å². The van der Waals surface area contributed by atoms with Gasteiger partial charge in [-0.15, -0.1) is 0 Å². The van der Waals surface area contributed by atoms with Crippen molar-refractivity contribution in [2.24, 2.45) is 0 Å². The van der Waals surface area contributed by atoms with Gasteiger partial charge in [0.1, 0.15) is 0 Å². The number of carbonyl (C=O) groups excluding carboxylic acids is 1. The van der Waals surface area contributed by atoms with Gasteiger partial charge in [-0.2, -0.15) is 0 Å². The maximum Gasteiger partial charge on any atom is 0.226 e. The summed E-state index contributed by atoms with van der Waals surface area (Å²) < 4.78 is 0. The Hall–Kier alpha value is -1.62. The van der Waals surface area contributed by atoms with Gasteiger partial charge in [0.25, 0.3) is 0 Å². The Morgan fingerprint density at radius 2 is 1.83 bits per heavy atom. The summed E-state index contributed by atoms with van der Waals surface area (Å²) in [4.78, 5) is 19.3. The minimum absolute atomic E-state index is 0.0641. The predicted octanol–water partition coefficient (Wildman–Crippen LogP) is 2.51. The van der Waals surface area contributed by atoms with Gasteiger partial charge in [0.05, 0.1) is 18.3 Å². The van der Waals surface area contributed by atoms with Gasteiger partial charge in [-0.05, 0) is 50.9 Å². The van der Waals surface area contributed by atoms with Crippen LogP contribution in [0.5, 0.6) is 0 Å². The first-order valence-corrected chi connectivity index (χ1v) is 9.40. The summed E-state index contributed by atoms with van der Waals surface area (Å²) in [5, 5.41) is 3.20. The van der Waals surface area contributed by atoms with Crippen LogP contribution in [0.15, 0.2) is 18.3 Å².